The van der Waals surface area contributed by atoms with Crippen LogP contribution in [-0.4, -0.2) is 12.6 Å². The molecule has 1 heterocycles. The third-order valence-corrected chi connectivity index (χ3v) is 5.37. The fourth-order valence-corrected chi connectivity index (χ4v) is 4.01. The summed E-state index contributed by atoms with van der Waals surface area (Å²) in [5.41, 5.74) is 5.48. The monoisotopic (exact) mass is 407 g/mol. The Balaban J connectivity index is 2.34. The zero-order valence-electron chi connectivity index (χ0n) is 18.3. The van der Waals surface area contributed by atoms with Gasteiger partial charge in [-0.05, 0) is 47.6 Å². The average molecular weight is 408 g/mol. The fraction of sp³-hybridized carbons (Fsp3) is 0.346. The van der Waals surface area contributed by atoms with Crippen LogP contribution in [0.25, 0.3) is 5.57 Å². The van der Waals surface area contributed by atoms with Crippen molar-refractivity contribution in [3.8, 4) is 0 Å². The molecule has 0 bridgehead atoms. The summed E-state index contributed by atoms with van der Waals surface area (Å²) in [6.45, 7) is 10.5. The summed E-state index contributed by atoms with van der Waals surface area (Å²) >= 11 is 0. The second kappa shape index (κ2) is 9.29. The quantitative estimate of drug-likeness (QED) is 0.592. The molecule has 2 aromatic rings. The van der Waals surface area contributed by atoms with Gasteiger partial charge in [0.1, 0.15) is 5.82 Å². The first-order chi connectivity index (χ1) is 14.3. The number of hydrogen-bond donors (Lipinski definition) is 1. The summed E-state index contributed by atoms with van der Waals surface area (Å²) < 4.78 is 19.2. The molecular weight excluding hydrogens is 377 g/mol. The van der Waals surface area contributed by atoms with Crippen LogP contribution in [0, 0.1) is 17.7 Å². The van der Waals surface area contributed by atoms with E-state index >= 15 is 0 Å². The SMILES string of the molecule is CCOC(=O)C1=C(C(C)C)NC(C(C)C)=C(c2ccccc2)C1c1ccc(F)cc1. The predicted octanol–water partition coefficient (Wildman–Crippen LogP) is 6.05. The Bertz CT molecular complexity index is 956. The number of ether oxygens (including phenoxy) is 1. The number of esters is 1. The minimum absolute atomic E-state index is 0.0958. The van der Waals surface area contributed by atoms with E-state index < -0.39 is 0 Å². The average Bonchev–Trinajstić information content (AvgIpc) is 2.73. The van der Waals surface area contributed by atoms with Gasteiger partial charge < -0.3 is 10.1 Å². The normalized spacial score (nSPS) is 16.9. The highest BCUT2D eigenvalue weighted by Gasteiger charge is 2.38. The van der Waals surface area contributed by atoms with Crippen molar-refractivity contribution >= 4 is 11.5 Å². The lowest BCUT2D eigenvalue weighted by atomic mass is 9.74. The third kappa shape index (κ3) is 4.33. The van der Waals surface area contributed by atoms with Crippen molar-refractivity contribution in [1.82, 2.24) is 5.32 Å². The Morgan fingerprint density at radius 3 is 2.10 bits per heavy atom. The Morgan fingerprint density at radius 1 is 0.967 bits per heavy atom. The van der Waals surface area contributed by atoms with E-state index in [4.69, 9.17) is 4.74 Å². The van der Waals surface area contributed by atoms with Gasteiger partial charge in [0.15, 0.2) is 0 Å². The molecule has 4 heteroatoms. The van der Waals surface area contributed by atoms with Gasteiger partial charge in [-0.2, -0.15) is 0 Å². The van der Waals surface area contributed by atoms with Crippen molar-refractivity contribution in [3.05, 3.63) is 88.5 Å². The molecule has 0 fully saturated rings. The smallest absolute Gasteiger partial charge is 0.336 e. The van der Waals surface area contributed by atoms with Crippen molar-refractivity contribution in [2.75, 3.05) is 6.61 Å². The van der Waals surface area contributed by atoms with Crippen LogP contribution >= 0.6 is 0 Å². The number of carbonyl (C=O) groups excluding carboxylic acids is 1. The van der Waals surface area contributed by atoms with Gasteiger partial charge >= 0.3 is 5.97 Å². The van der Waals surface area contributed by atoms with Crippen molar-refractivity contribution in [2.24, 2.45) is 11.8 Å². The minimum Gasteiger partial charge on any atom is -0.463 e. The first kappa shape index (κ1) is 21.8. The van der Waals surface area contributed by atoms with Crippen LogP contribution in [0.1, 0.15) is 51.7 Å². The van der Waals surface area contributed by atoms with Crippen LogP contribution in [0.15, 0.2) is 71.6 Å². The van der Waals surface area contributed by atoms with Crippen LogP contribution in [0.3, 0.4) is 0 Å². The molecule has 1 aliphatic heterocycles. The van der Waals surface area contributed by atoms with Gasteiger partial charge in [-0.25, -0.2) is 9.18 Å². The van der Waals surface area contributed by atoms with Gasteiger partial charge in [-0.3, -0.25) is 0 Å². The van der Waals surface area contributed by atoms with E-state index in [1.165, 1.54) is 12.1 Å². The van der Waals surface area contributed by atoms with Crippen molar-refractivity contribution < 1.29 is 13.9 Å². The number of rotatable bonds is 6. The fourth-order valence-electron chi connectivity index (χ4n) is 4.01. The van der Waals surface area contributed by atoms with Crippen LogP contribution in [-0.2, 0) is 9.53 Å². The Kier molecular flexibility index (Phi) is 6.76. The maximum absolute atomic E-state index is 13.7. The number of carbonyl (C=O) groups is 1. The van der Waals surface area contributed by atoms with E-state index in [1.54, 1.807) is 12.1 Å². The number of benzene rings is 2. The van der Waals surface area contributed by atoms with Gasteiger partial charge in [0.05, 0.1) is 12.2 Å². The van der Waals surface area contributed by atoms with Crippen molar-refractivity contribution in [3.63, 3.8) is 0 Å². The third-order valence-electron chi connectivity index (χ3n) is 5.37. The summed E-state index contributed by atoms with van der Waals surface area (Å²) in [5.74, 6) is -0.672. The molecule has 0 saturated carbocycles. The zero-order valence-corrected chi connectivity index (χ0v) is 18.3. The number of halogens is 1. The first-order valence-electron chi connectivity index (χ1n) is 10.6. The highest BCUT2D eigenvalue weighted by molar-refractivity contribution is 5.97. The van der Waals surface area contributed by atoms with Crippen LogP contribution in [0.2, 0.25) is 0 Å². The molecular formula is C26H30FNO2. The Morgan fingerprint density at radius 2 is 1.57 bits per heavy atom. The van der Waals surface area contributed by atoms with Crippen LogP contribution in [0.4, 0.5) is 4.39 Å². The highest BCUT2D eigenvalue weighted by Crippen LogP contribution is 2.46. The molecule has 0 radical (unpaired) electrons. The standard InChI is InChI=1S/C26H30FNO2/c1-6-30-26(29)23-21(19-12-14-20(27)15-13-19)22(18-10-8-7-9-11-18)24(16(2)3)28-25(23)17(4)5/h7-17,21,28H,6H2,1-5H3. The summed E-state index contributed by atoms with van der Waals surface area (Å²) in [6, 6.07) is 16.5. The maximum atomic E-state index is 13.7. The predicted molar refractivity (Wildman–Crippen MR) is 119 cm³/mol. The van der Waals surface area contributed by atoms with Crippen molar-refractivity contribution in [2.45, 2.75) is 40.5 Å². The van der Waals surface area contributed by atoms with E-state index in [0.717, 1.165) is 28.1 Å². The molecule has 1 unspecified atom stereocenters. The van der Waals surface area contributed by atoms with Gasteiger partial charge in [0, 0.05) is 17.3 Å². The molecule has 3 rings (SSSR count). The second-order valence-corrected chi connectivity index (χ2v) is 8.16. The lowest BCUT2D eigenvalue weighted by molar-refractivity contribution is -0.138. The van der Waals surface area contributed by atoms with Crippen LogP contribution in [0.5, 0.6) is 0 Å². The molecule has 30 heavy (non-hydrogen) atoms. The second-order valence-electron chi connectivity index (χ2n) is 8.16. The number of nitrogens with one attached hydrogen (secondary N) is 1. The van der Waals surface area contributed by atoms with E-state index in [1.807, 2.05) is 25.1 Å². The highest BCUT2D eigenvalue weighted by atomic mass is 19.1. The van der Waals surface area contributed by atoms with Crippen molar-refractivity contribution in [1.29, 1.82) is 0 Å². The summed E-state index contributed by atoms with van der Waals surface area (Å²) in [4.78, 5) is 13.2. The zero-order chi connectivity index (χ0) is 21.8. The van der Waals surface area contributed by atoms with Gasteiger partial charge in [0.2, 0.25) is 0 Å². The molecule has 2 aromatic carbocycles. The number of hydrogen-bond acceptors (Lipinski definition) is 3. The van der Waals surface area contributed by atoms with Crippen LogP contribution < -0.4 is 5.32 Å². The summed E-state index contributed by atoms with van der Waals surface area (Å²) in [5, 5.41) is 3.59. The van der Waals surface area contributed by atoms with E-state index in [2.05, 4.69) is 45.1 Å². The summed E-state index contributed by atoms with van der Waals surface area (Å²) in [6.07, 6.45) is 0. The molecule has 0 saturated heterocycles. The Labute approximate surface area is 178 Å². The molecule has 158 valence electrons. The van der Waals surface area contributed by atoms with E-state index in [-0.39, 0.29) is 29.5 Å². The molecule has 0 aromatic heterocycles. The minimum atomic E-state index is -0.344. The molecule has 0 spiro atoms. The van der Waals surface area contributed by atoms with E-state index in [9.17, 15) is 9.18 Å². The number of allylic oxidation sites excluding steroid dienone is 3. The molecule has 0 aliphatic carbocycles. The largest absolute Gasteiger partial charge is 0.463 e. The van der Waals surface area contributed by atoms with Gasteiger partial charge in [-0.1, -0.05) is 70.2 Å². The molecule has 1 N–H and O–H groups in total. The van der Waals surface area contributed by atoms with Gasteiger partial charge in [-0.15, -0.1) is 0 Å². The Hall–Kier alpha value is -2.88. The number of dihydropyridines is 1. The lowest BCUT2D eigenvalue weighted by Crippen LogP contribution is -2.34. The molecule has 1 atom stereocenters. The van der Waals surface area contributed by atoms with E-state index in [0.29, 0.717) is 12.2 Å². The first-order valence-corrected chi connectivity index (χ1v) is 10.6. The summed E-state index contributed by atoms with van der Waals surface area (Å²) in [7, 11) is 0. The maximum Gasteiger partial charge on any atom is 0.336 e. The topological polar surface area (TPSA) is 38.3 Å². The lowest BCUT2D eigenvalue weighted by Gasteiger charge is -2.36. The van der Waals surface area contributed by atoms with Gasteiger partial charge in [0.25, 0.3) is 0 Å². The molecule has 0 amide bonds. The molecule has 3 nitrogen and oxygen atoms in total. The molecule has 1 aliphatic rings.